The molecule has 94 valence electrons. The van der Waals surface area contributed by atoms with E-state index in [0.29, 0.717) is 18.1 Å². The fourth-order valence-corrected chi connectivity index (χ4v) is 1.79. The summed E-state index contributed by atoms with van der Waals surface area (Å²) in [5.74, 6) is 1.22. The third-order valence-corrected chi connectivity index (χ3v) is 2.75. The van der Waals surface area contributed by atoms with Crippen LogP contribution < -0.4 is 14.8 Å². The average molecular weight is 237 g/mol. The molecule has 0 bridgehead atoms. The van der Waals surface area contributed by atoms with Crippen LogP contribution >= 0.6 is 0 Å². The molecule has 0 fully saturated rings. The first-order valence-corrected chi connectivity index (χ1v) is 6.13. The van der Waals surface area contributed by atoms with Crippen LogP contribution in [0.5, 0.6) is 17.2 Å². The quantitative estimate of drug-likeness (QED) is 0.768. The van der Waals surface area contributed by atoms with Crippen molar-refractivity contribution in [3.05, 3.63) is 18.2 Å². The van der Waals surface area contributed by atoms with Crippen molar-refractivity contribution in [1.82, 2.24) is 5.32 Å². The largest absolute Gasteiger partial charge is 0.504 e. The maximum Gasteiger partial charge on any atom is 0.203 e. The lowest BCUT2D eigenvalue weighted by Crippen LogP contribution is -2.38. The number of rotatable bonds is 5. The Morgan fingerprint density at radius 2 is 2.35 bits per heavy atom. The van der Waals surface area contributed by atoms with E-state index in [9.17, 15) is 5.11 Å². The molecule has 0 amide bonds. The number of aromatic hydroxyl groups is 1. The molecule has 0 saturated carbocycles. The van der Waals surface area contributed by atoms with Crippen molar-refractivity contribution in [2.75, 3.05) is 19.7 Å². The van der Waals surface area contributed by atoms with Gasteiger partial charge >= 0.3 is 0 Å². The molecule has 4 heteroatoms. The molecular formula is C13H19NO3. The molecule has 1 aromatic carbocycles. The van der Waals surface area contributed by atoms with E-state index >= 15 is 0 Å². The number of fused-ring (bicyclic) bond motifs is 1. The van der Waals surface area contributed by atoms with Crippen LogP contribution in [0.3, 0.4) is 0 Å². The molecule has 0 radical (unpaired) electrons. The number of nitrogens with one attached hydrogen (secondary N) is 1. The van der Waals surface area contributed by atoms with E-state index in [-0.39, 0.29) is 11.9 Å². The molecule has 2 N–H and O–H groups in total. The summed E-state index contributed by atoms with van der Waals surface area (Å²) in [4.78, 5) is 0. The maximum atomic E-state index is 9.66. The predicted octanol–water partition coefficient (Wildman–Crippen LogP) is 1.92. The van der Waals surface area contributed by atoms with Gasteiger partial charge in [-0.05, 0) is 25.1 Å². The van der Waals surface area contributed by atoms with Crippen LogP contribution in [-0.4, -0.2) is 30.9 Å². The second-order valence-electron chi connectivity index (χ2n) is 4.21. The Kier molecular flexibility index (Phi) is 4.09. The van der Waals surface area contributed by atoms with Crippen LogP contribution in [0.4, 0.5) is 0 Å². The molecule has 2 rings (SSSR count). The van der Waals surface area contributed by atoms with E-state index in [0.717, 1.165) is 19.5 Å². The summed E-state index contributed by atoms with van der Waals surface area (Å²) in [5.41, 5.74) is 0. The van der Waals surface area contributed by atoms with E-state index in [4.69, 9.17) is 9.47 Å². The first-order valence-electron chi connectivity index (χ1n) is 6.13. The number of hydrogen-bond donors (Lipinski definition) is 2. The van der Waals surface area contributed by atoms with Crippen molar-refractivity contribution in [3.8, 4) is 17.2 Å². The minimum Gasteiger partial charge on any atom is -0.504 e. The molecule has 0 spiro atoms. The van der Waals surface area contributed by atoms with Crippen LogP contribution in [0.15, 0.2) is 18.2 Å². The molecule has 4 nitrogen and oxygen atoms in total. The van der Waals surface area contributed by atoms with E-state index < -0.39 is 0 Å². The highest BCUT2D eigenvalue weighted by Gasteiger charge is 2.22. The average Bonchev–Trinajstić information content (AvgIpc) is 2.36. The van der Waals surface area contributed by atoms with Crippen LogP contribution in [0.2, 0.25) is 0 Å². The normalized spacial score (nSPS) is 18.1. The molecule has 1 atom stereocenters. The van der Waals surface area contributed by atoms with Crippen molar-refractivity contribution in [1.29, 1.82) is 0 Å². The number of hydrogen-bond acceptors (Lipinski definition) is 4. The van der Waals surface area contributed by atoms with Crippen molar-refractivity contribution in [2.24, 2.45) is 0 Å². The summed E-state index contributed by atoms with van der Waals surface area (Å²) in [6.07, 6.45) is 2.31. The van der Waals surface area contributed by atoms with E-state index in [1.54, 1.807) is 18.2 Å². The fraction of sp³-hybridized carbons (Fsp3) is 0.538. The highest BCUT2D eigenvalue weighted by Crippen LogP contribution is 2.39. The molecular weight excluding hydrogens is 218 g/mol. The Hall–Kier alpha value is -1.42. The minimum absolute atomic E-state index is 0.0346. The molecule has 1 unspecified atom stereocenters. The molecule has 0 aliphatic carbocycles. The second-order valence-corrected chi connectivity index (χ2v) is 4.21. The van der Waals surface area contributed by atoms with Gasteiger partial charge in [0.05, 0.1) is 0 Å². The Bertz CT molecular complexity index is 368. The van der Waals surface area contributed by atoms with Crippen molar-refractivity contribution in [2.45, 2.75) is 25.9 Å². The summed E-state index contributed by atoms with van der Waals surface area (Å²) >= 11 is 0. The summed E-state index contributed by atoms with van der Waals surface area (Å²) in [6.45, 7) is 4.42. The molecule has 1 aromatic rings. The minimum atomic E-state index is -0.0346. The lowest BCUT2D eigenvalue weighted by atomic mass is 10.2. The Labute approximate surface area is 102 Å². The number of phenolic OH excluding ortho intramolecular Hbond substituents is 1. The topological polar surface area (TPSA) is 50.7 Å². The lowest BCUT2D eigenvalue weighted by molar-refractivity contribution is 0.0867. The van der Waals surface area contributed by atoms with Gasteiger partial charge in [0.25, 0.3) is 0 Å². The molecule has 17 heavy (non-hydrogen) atoms. The van der Waals surface area contributed by atoms with Crippen LogP contribution in [0, 0.1) is 0 Å². The van der Waals surface area contributed by atoms with Gasteiger partial charge in [0.15, 0.2) is 11.5 Å². The van der Waals surface area contributed by atoms with Crippen molar-refractivity contribution >= 4 is 0 Å². The van der Waals surface area contributed by atoms with Crippen LogP contribution in [0.25, 0.3) is 0 Å². The van der Waals surface area contributed by atoms with E-state index in [1.807, 2.05) is 0 Å². The highest BCUT2D eigenvalue weighted by molar-refractivity contribution is 5.51. The third-order valence-electron chi connectivity index (χ3n) is 2.75. The molecule has 0 saturated heterocycles. The summed E-state index contributed by atoms with van der Waals surface area (Å²) in [5, 5.41) is 13.0. The number of benzene rings is 1. The zero-order valence-electron chi connectivity index (χ0n) is 10.1. The first-order chi connectivity index (χ1) is 8.31. The van der Waals surface area contributed by atoms with Gasteiger partial charge in [-0.25, -0.2) is 0 Å². The first kappa shape index (κ1) is 12.0. The summed E-state index contributed by atoms with van der Waals surface area (Å²) in [7, 11) is 0. The van der Waals surface area contributed by atoms with Gasteiger partial charge in [0.2, 0.25) is 5.75 Å². The smallest absolute Gasteiger partial charge is 0.203 e. The standard InChI is InChI=1S/C13H19NO3/c1-2-3-7-14-8-10-9-16-12-6-4-5-11(15)13(12)17-10/h4-6,10,14-15H,2-3,7-9H2,1H3. The summed E-state index contributed by atoms with van der Waals surface area (Å²) < 4.78 is 11.3. The lowest BCUT2D eigenvalue weighted by Gasteiger charge is -2.27. The number of phenols is 1. The van der Waals surface area contributed by atoms with Gasteiger partial charge in [-0.15, -0.1) is 0 Å². The third kappa shape index (κ3) is 3.03. The molecule has 1 aliphatic heterocycles. The van der Waals surface area contributed by atoms with Gasteiger partial charge in [-0.3, -0.25) is 0 Å². The van der Waals surface area contributed by atoms with E-state index in [2.05, 4.69) is 12.2 Å². The van der Waals surface area contributed by atoms with Gasteiger partial charge in [0.1, 0.15) is 12.7 Å². The van der Waals surface area contributed by atoms with Gasteiger partial charge in [-0.2, -0.15) is 0 Å². The van der Waals surface area contributed by atoms with Crippen LogP contribution in [0.1, 0.15) is 19.8 Å². The second kappa shape index (κ2) is 5.77. The molecule has 1 heterocycles. The van der Waals surface area contributed by atoms with Crippen LogP contribution in [-0.2, 0) is 0 Å². The zero-order valence-corrected chi connectivity index (χ0v) is 10.1. The highest BCUT2D eigenvalue weighted by atomic mass is 16.6. The Morgan fingerprint density at radius 3 is 3.18 bits per heavy atom. The zero-order chi connectivity index (χ0) is 12.1. The number of unbranched alkanes of at least 4 members (excludes halogenated alkanes) is 1. The summed E-state index contributed by atoms with van der Waals surface area (Å²) in [6, 6.07) is 5.15. The number of ether oxygens (including phenoxy) is 2. The Morgan fingerprint density at radius 1 is 1.47 bits per heavy atom. The molecule has 1 aliphatic rings. The predicted molar refractivity (Wildman–Crippen MR) is 65.8 cm³/mol. The molecule has 0 aromatic heterocycles. The fourth-order valence-electron chi connectivity index (χ4n) is 1.79. The monoisotopic (exact) mass is 237 g/mol. The van der Waals surface area contributed by atoms with Crippen molar-refractivity contribution < 1.29 is 14.6 Å². The maximum absolute atomic E-state index is 9.66. The van der Waals surface area contributed by atoms with E-state index in [1.165, 1.54) is 6.42 Å². The SMILES string of the molecule is CCCCNCC1COc2cccc(O)c2O1. The Balaban J connectivity index is 1.87. The van der Waals surface area contributed by atoms with Crippen molar-refractivity contribution in [3.63, 3.8) is 0 Å². The number of para-hydroxylation sites is 1. The van der Waals surface area contributed by atoms with Gasteiger partial charge in [0, 0.05) is 6.54 Å². The van der Waals surface area contributed by atoms with Gasteiger partial charge < -0.3 is 19.9 Å². The van der Waals surface area contributed by atoms with Gasteiger partial charge in [-0.1, -0.05) is 19.4 Å².